The van der Waals surface area contributed by atoms with Crippen LogP contribution in [-0.4, -0.2) is 33.8 Å². The van der Waals surface area contributed by atoms with E-state index in [0.29, 0.717) is 15.6 Å². The Bertz CT molecular complexity index is 780. The summed E-state index contributed by atoms with van der Waals surface area (Å²) in [4.78, 5) is 26.3. The van der Waals surface area contributed by atoms with Crippen molar-refractivity contribution in [2.24, 2.45) is 0 Å². The smallest absolute Gasteiger partial charge is 0.408 e. The molecule has 0 spiro atoms. The van der Waals surface area contributed by atoms with Gasteiger partial charge in [-0.2, -0.15) is 0 Å². The number of halogens is 2. The molecule has 0 saturated heterocycles. The van der Waals surface area contributed by atoms with E-state index in [1.807, 2.05) is 0 Å². The first-order valence-corrected chi connectivity index (χ1v) is 8.00. The molecule has 1 aromatic heterocycles. The average molecular weight is 373 g/mol. The van der Waals surface area contributed by atoms with Crippen molar-refractivity contribution in [2.45, 2.75) is 38.8 Å². The molecule has 1 atom stereocenters. The van der Waals surface area contributed by atoms with Crippen molar-refractivity contribution in [3.8, 4) is 0 Å². The maximum absolute atomic E-state index is 11.8. The Hall–Kier alpha value is -1.92. The highest BCUT2D eigenvalue weighted by molar-refractivity contribution is 6.42. The van der Waals surface area contributed by atoms with E-state index in [2.05, 4.69) is 10.3 Å². The fourth-order valence-corrected chi connectivity index (χ4v) is 2.54. The van der Waals surface area contributed by atoms with Gasteiger partial charge in [0.25, 0.3) is 0 Å². The van der Waals surface area contributed by atoms with Crippen molar-refractivity contribution in [1.29, 1.82) is 0 Å². The number of rotatable bonds is 4. The number of carbonyl (C=O) groups excluding carboxylic acids is 1. The molecular formula is C16H18Cl2N2O4. The van der Waals surface area contributed by atoms with Crippen LogP contribution < -0.4 is 5.32 Å². The molecule has 1 heterocycles. The lowest BCUT2D eigenvalue weighted by Crippen LogP contribution is -2.44. The highest BCUT2D eigenvalue weighted by Gasteiger charge is 2.25. The van der Waals surface area contributed by atoms with Crippen molar-refractivity contribution < 1.29 is 19.4 Å². The molecule has 0 aliphatic heterocycles. The molecule has 1 amide bonds. The van der Waals surface area contributed by atoms with Crippen molar-refractivity contribution in [2.75, 3.05) is 0 Å². The van der Waals surface area contributed by atoms with E-state index in [1.165, 1.54) is 0 Å². The minimum atomic E-state index is -1.16. The number of nitrogens with one attached hydrogen (secondary N) is 2. The van der Waals surface area contributed by atoms with Gasteiger partial charge in [0.1, 0.15) is 11.6 Å². The van der Waals surface area contributed by atoms with E-state index in [0.717, 1.165) is 10.9 Å². The Labute approximate surface area is 149 Å². The third kappa shape index (κ3) is 4.55. The summed E-state index contributed by atoms with van der Waals surface area (Å²) in [5.41, 5.74) is 0.728. The number of carboxylic acids is 1. The Kier molecular flexibility index (Phi) is 5.30. The number of hydrogen-bond acceptors (Lipinski definition) is 3. The van der Waals surface area contributed by atoms with Crippen LogP contribution in [0.3, 0.4) is 0 Å². The van der Waals surface area contributed by atoms with Crippen molar-refractivity contribution in [3.05, 3.63) is 33.9 Å². The third-order valence-electron chi connectivity index (χ3n) is 3.22. The van der Waals surface area contributed by atoms with E-state index < -0.39 is 23.7 Å². The molecule has 1 aromatic carbocycles. The zero-order chi connectivity index (χ0) is 18.1. The molecule has 24 heavy (non-hydrogen) atoms. The van der Waals surface area contributed by atoms with Gasteiger partial charge in [-0.25, -0.2) is 9.59 Å². The summed E-state index contributed by atoms with van der Waals surface area (Å²) in [5, 5.41) is 13.3. The average Bonchev–Trinajstić information content (AvgIpc) is 2.79. The van der Waals surface area contributed by atoms with Crippen molar-refractivity contribution >= 4 is 46.2 Å². The first-order chi connectivity index (χ1) is 11.1. The molecule has 0 bridgehead atoms. The van der Waals surface area contributed by atoms with Gasteiger partial charge in [-0.1, -0.05) is 23.2 Å². The van der Waals surface area contributed by atoms with E-state index in [4.69, 9.17) is 27.9 Å². The standard InChI is InChI=1S/C16H18Cl2N2O4/c1-16(2,3)24-15(23)20-13(14(21)22)4-8-7-19-12-6-11(18)10(17)5-9(8)12/h5-7,13,19H,4H2,1-3H3,(H,20,23)(H,21,22). The van der Waals surface area contributed by atoms with Crippen LogP contribution in [-0.2, 0) is 16.0 Å². The molecule has 130 valence electrons. The monoisotopic (exact) mass is 372 g/mol. The molecule has 2 rings (SSSR count). The Balaban J connectivity index is 2.21. The van der Waals surface area contributed by atoms with Gasteiger partial charge in [0.15, 0.2) is 0 Å². The maximum atomic E-state index is 11.8. The fraction of sp³-hybridized carbons (Fsp3) is 0.375. The van der Waals surface area contributed by atoms with Gasteiger partial charge >= 0.3 is 12.1 Å². The quantitative estimate of drug-likeness (QED) is 0.756. The van der Waals surface area contributed by atoms with Crippen LogP contribution in [0.4, 0.5) is 4.79 Å². The summed E-state index contributed by atoms with van der Waals surface area (Å²) in [6.07, 6.45) is 0.965. The second-order valence-electron chi connectivity index (χ2n) is 6.37. The van der Waals surface area contributed by atoms with Crippen LogP contribution in [0.25, 0.3) is 10.9 Å². The summed E-state index contributed by atoms with van der Waals surface area (Å²) in [7, 11) is 0. The van der Waals surface area contributed by atoms with Crippen LogP contribution in [0.15, 0.2) is 18.3 Å². The predicted octanol–water partition coefficient (Wildman–Crippen LogP) is 4.00. The first-order valence-electron chi connectivity index (χ1n) is 7.24. The van der Waals surface area contributed by atoms with Crippen LogP contribution in [0, 0.1) is 0 Å². The van der Waals surface area contributed by atoms with Crippen molar-refractivity contribution in [3.63, 3.8) is 0 Å². The molecule has 6 nitrogen and oxygen atoms in total. The molecule has 0 fully saturated rings. The number of H-pyrrole nitrogens is 1. The minimum absolute atomic E-state index is 0.0759. The first kappa shape index (κ1) is 18.4. The number of amides is 1. The highest BCUT2D eigenvalue weighted by atomic mass is 35.5. The minimum Gasteiger partial charge on any atom is -0.480 e. The number of carbonyl (C=O) groups is 2. The fourth-order valence-electron chi connectivity index (χ4n) is 2.21. The largest absolute Gasteiger partial charge is 0.480 e. The molecule has 3 N–H and O–H groups in total. The number of carboxylic acid groups (broad SMARTS) is 1. The van der Waals surface area contributed by atoms with E-state index in [1.54, 1.807) is 39.1 Å². The lowest BCUT2D eigenvalue weighted by Gasteiger charge is -2.22. The number of aliphatic carboxylic acids is 1. The number of benzene rings is 1. The second kappa shape index (κ2) is 6.91. The number of hydrogen-bond donors (Lipinski definition) is 3. The Morgan fingerprint density at radius 3 is 2.50 bits per heavy atom. The molecule has 0 aliphatic rings. The highest BCUT2D eigenvalue weighted by Crippen LogP contribution is 2.29. The maximum Gasteiger partial charge on any atom is 0.408 e. The summed E-state index contributed by atoms with van der Waals surface area (Å²) < 4.78 is 5.10. The predicted molar refractivity (Wildman–Crippen MR) is 92.8 cm³/mol. The molecule has 0 radical (unpaired) electrons. The SMILES string of the molecule is CC(C)(C)OC(=O)NC(Cc1c[nH]c2cc(Cl)c(Cl)cc12)C(=O)O. The van der Waals surface area contributed by atoms with Gasteiger partial charge < -0.3 is 20.1 Å². The van der Waals surface area contributed by atoms with Crippen LogP contribution in [0.2, 0.25) is 10.0 Å². The normalized spacial score (nSPS) is 12.9. The van der Waals surface area contributed by atoms with E-state index >= 15 is 0 Å². The van der Waals surface area contributed by atoms with Gasteiger partial charge in [0, 0.05) is 23.5 Å². The Morgan fingerprint density at radius 2 is 1.92 bits per heavy atom. The molecule has 2 aromatic rings. The lowest BCUT2D eigenvalue weighted by molar-refractivity contribution is -0.139. The lowest BCUT2D eigenvalue weighted by atomic mass is 10.1. The van der Waals surface area contributed by atoms with Gasteiger partial charge in [0.2, 0.25) is 0 Å². The molecule has 0 aliphatic carbocycles. The summed E-state index contributed by atoms with van der Waals surface area (Å²) >= 11 is 12.0. The third-order valence-corrected chi connectivity index (χ3v) is 3.94. The van der Waals surface area contributed by atoms with E-state index in [-0.39, 0.29) is 6.42 Å². The number of ether oxygens (including phenoxy) is 1. The van der Waals surface area contributed by atoms with Gasteiger partial charge in [0.05, 0.1) is 10.0 Å². The summed E-state index contributed by atoms with van der Waals surface area (Å²) in [6.45, 7) is 5.11. The molecular weight excluding hydrogens is 355 g/mol. The van der Waals surface area contributed by atoms with E-state index in [9.17, 15) is 14.7 Å². The topological polar surface area (TPSA) is 91.4 Å². The summed E-state index contributed by atoms with van der Waals surface area (Å²) in [5.74, 6) is -1.16. The number of aromatic amines is 1. The van der Waals surface area contributed by atoms with Crippen LogP contribution in [0.1, 0.15) is 26.3 Å². The van der Waals surface area contributed by atoms with Gasteiger partial charge in [-0.15, -0.1) is 0 Å². The van der Waals surface area contributed by atoms with Gasteiger partial charge in [-0.3, -0.25) is 0 Å². The molecule has 8 heteroatoms. The molecule has 1 unspecified atom stereocenters. The number of fused-ring (bicyclic) bond motifs is 1. The zero-order valence-electron chi connectivity index (χ0n) is 13.4. The number of alkyl carbamates (subject to hydrolysis) is 1. The number of aromatic nitrogens is 1. The van der Waals surface area contributed by atoms with Crippen molar-refractivity contribution in [1.82, 2.24) is 10.3 Å². The van der Waals surface area contributed by atoms with Crippen LogP contribution >= 0.6 is 23.2 Å². The Morgan fingerprint density at radius 1 is 1.29 bits per heavy atom. The molecule has 0 saturated carbocycles. The van der Waals surface area contributed by atoms with Crippen LogP contribution in [0.5, 0.6) is 0 Å². The second-order valence-corrected chi connectivity index (χ2v) is 7.18. The zero-order valence-corrected chi connectivity index (χ0v) is 15.0. The summed E-state index contributed by atoms with van der Waals surface area (Å²) in [6, 6.07) is 2.20. The van der Waals surface area contributed by atoms with Gasteiger partial charge in [-0.05, 0) is 38.5 Å².